The predicted molar refractivity (Wildman–Crippen MR) is 127 cm³/mol. The highest BCUT2D eigenvalue weighted by molar-refractivity contribution is 8.00. The van der Waals surface area contributed by atoms with Gasteiger partial charge in [0.25, 0.3) is 0 Å². The lowest BCUT2D eigenvalue weighted by Crippen LogP contribution is -2.45. The van der Waals surface area contributed by atoms with Crippen molar-refractivity contribution in [2.24, 2.45) is 0 Å². The number of nitrogens with zero attached hydrogens (tertiary/aromatic N) is 5. The van der Waals surface area contributed by atoms with Gasteiger partial charge in [-0.25, -0.2) is 4.39 Å². The minimum atomic E-state index is -0.576. The molecule has 3 aromatic rings. The molecule has 1 atom stereocenters. The number of hydrogen-bond acceptors (Lipinski definition) is 7. The summed E-state index contributed by atoms with van der Waals surface area (Å²) in [5.74, 6) is -0.287. The molecule has 1 fully saturated rings. The fourth-order valence-electron chi connectivity index (χ4n) is 4.01. The van der Waals surface area contributed by atoms with Crippen LogP contribution in [0.4, 0.5) is 21.7 Å². The van der Waals surface area contributed by atoms with E-state index in [1.54, 1.807) is 41.8 Å². The van der Waals surface area contributed by atoms with Crippen LogP contribution < -0.4 is 15.1 Å². The smallest absolute Gasteiger partial charge is 0.244 e. The molecular formula is C23H23FN6O3S. The Labute approximate surface area is 199 Å². The lowest BCUT2D eigenvalue weighted by atomic mass is 10.2. The number of carbonyl (C=O) groups is 2. The van der Waals surface area contributed by atoms with Crippen LogP contribution in [-0.2, 0) is 14.3 Å². The van der Waals surface area contributed by atoms with Gasteiger partial charge in [0.15, 0.2) is 5.16 Å². The van der Waals surface area contributed by atoms with Crippen molar-refractivity contribution in [2.45, 2.75) is 17.3 Å². The van der Waals surface area contributed by atoms with Gasteiger partial charge in [0.1, 0.15) is 12.4 Å². The second-order valence-electron chi connectivity index (χ2n) is 7.95. The number of aromatic nitrogens is 3. The number of ether oxygens (including phenoxy) is 1. The van der Waals surface area contributed by atoms with E-state index in [1.807, 2.05) is 11.0 Å². The Bertz CT molecular complexity index is 1230. The Balaban J connectivity index is 1.46. The van der Waals surface area contributed by atoms with Gasteiger partial charge in [-0.05, 0) is 37.3 Å². The molecule has 2 aliphatic rings. The molecule has 2 amide bonds. The molecule has 11 heteroatoms. The molecule has 0 radical (unpaired) electrons. The van der Waals surface area contributed by atoms with Gasteiger partial charge in [0.2, 0.25) is 17.8 Å². The fourth-order valence-corrected chi connectivity index (χ4v) is 4.93. The van der Waals surface area contributed by atoms with E-state index in [4.69, 9.17) is 4.74 Å². The standard InChI is InChI=1S/C23H23FN6O3S/c1-15(21(32)29-14-20(31)25-18-7-2-3-8-19(18)29)34-23-27-26-22(28-9-11-33-12-10-28)30(23)17-6-4-5-16(24)13-17/h2-8,13,15H,9-12,14H2,1H3,(H,25,31). The molecule has 1 aromatic heterocycles. The third kappa shape index (κ3) is 4.36. The topological polar surface area (TPSA) is 92.6 Å². The van der Waals surface area contributed by atoms with E-state index >= 15 is 0 Å². The quantitative estimate of drug-likeness (QED) is 0.559. The summed E-state index contributed by atoms with van der Waals surface area (Å²) in [6.07, 6.45) is 0. The maximum atomic E-state index is 14.1. The third-order valence-electron chi connectivity index (χ3n) is 5.64. The van der Waals surface area contributed by atoms with Crippen LogP contribution in [0, 0.1) is 5.82 Å². The number of benzene rings is 2. The van der Waals surface area contributed by atoms with Crippen molar-refractivity contribution in [3.8, 4) is 5.69 Å². The second-order valence-corrected chi connectivity index (χ2v) is 9.26. The normalized spacial score (nSPS) is 16.7. The molecule has 2 aliphatic heterocycles. The average molecular weight is 483 g/mol. The van der Waals surface area contributed by atoms with Gasteiger partial charge in [-0.3, -0.25) is 19.1 Å². The fraction of sp³-hybridized carbons (Fsp3) is 0.304. The first-order valence-electron chi connectivity index (χ1n) is 10.9. The van der Waals surface area contributed by atoms with Gasteiger partial charge in [-0.15, -0.1) is 10.2 Å². The molecule has 176 valence electrons. The van der Waals surface area contributed by atoms with Crippen molar-refractivity contribution in [2.75, 3.05) is 48.0 Å². The average Bonchev–Trinajstić information content (AvgIpc) is 3.27. The Morgan fingerprint density at radius 1 is 1.15 bits per heavy atom. The minimum absolute atomic E-state index is 0.0592. The van der Waals surface area contributed by atoms with Gasteiger partial charge in [-0.1, -0.05) is 30.0 Å². The molecule has 1 saturated heterocycles. The summed E-state index contributed by atoms with van der Waals surface area (Å²) in [5.41, 5.74) is 1.82. The highest BCUT2D eigenvalue weighted by Crippen LogP contribution is 2.34. The second kappa shape index (κ2) is 9.43. The summed E-state index contributed by atoms with van der Waals surface area (Å²) >= 11 is 1.22. The predicted octanol–water partition coefficient (Wildman–Crippen LogP) is 2.71. The van der Waals surface area contributed by atoms with E-state index in [-0.39, 0.29) is 24.2 Å². The van der Waals surface area contributed by atoms with Crippen LogP contribution in [0.15, 0.2) is 53.7 Å². The number of carbonyl (C=O) groups excluding carboxylic acids is 2. The van der Waals surface area contributed by atoms with Crippen LogP contribution in [0.25, 0.3) is 5.69 Å². The molecule has 0 spiro atoms. The number of fused-ring (bicyclic) bond motifs is 1. The van der Waals surface area contributed by atoms with Crippen molar-refractivity contribution in [3.05, 3.63) is 54.3 Å². The zero-order chi connectivity index (χ0) is 23.7. The summed E-state index contributed by atoms with van der Waals surface area (Å²) in [7, 11) is 0. The van der Waals surface area contributed by atoms with Gasteiger partial charge in [-0.2, -0.15) is 0 Å². The number of morpholine rings is 1. The number of rotatable bonds is 5. The van der Waals surface area contributed by atoms with Crippen molar-refractivity contribution in [1.29, 1.82) is 0 Å². The summed E-state index contributed by atoms with van der Waals surface area (Å²) in [6, 6.07) is 13.4. The number of thioether (sulfide) groups is 1. The van der Waals surface area contributed by atoms with Crippen molar-refractivity contribution >= 4 is 40.9 Å². The summed E-state index contributed by atoms with van der Waals surface area (Å²) < 4.78 is 21.3. The van der Waals surface area contributed by atoms with Gasteiger partial charge in [0.05, 0.1) is 35.5 Å². The molecule has 0 aliphatic carbocycles. The first-order chi connectivity index (χ1) is 16.5. The number of para-hydroxylation sites is 2. The van der Waals surface area contributed by atoms with Crippen LogP contribution in [0.1, 0.15) is 6.92 Å². The molecular weight excluding hydrogens is 459 g/mol. The van der Waals surface area contributed by atoms with E-state index in [2.05, 4.69) is 15.5 Å². The van der Waals surface area contributed by atoms with Gasteiger partial charge >= 0.3 is 0 Å². The molecule has 34 heavy (non-hydrogen) atoms. The molecule has 0 bridgehead atoms. The largest absolute Gasteiger partial charge is 0.378 e. The first kappa shape index (κ1) is 22.4. The number of nitrogens with one attached hydrogen (secondary N) is 1. The van der Waals surface area contributed by atoms with E-state index in [1.165, 1.54) is 28.8 Å². The number of anilines is 3. The summed E-state index contributed by atoms with van der Waals surface area (Å²) in [6.45, 7) is 4.09. The Morgan fingerprint density at radius 3 is 2.74 bits per heavy atom. The summed E-state index contributed by atoms with van der Waals surface area (Å²) in [5, 5.41) is 11.4. The van der Waals surface area contributed by atoms with E-state index < -0.39 is 5.25 Å². The molecule has 5 rings (SSSR count). The zero-order valence-corrected chi connectivity index (χ0v) is 19.3. The van der Waals surface area contributed by atoms with Crippen LogP contribution in [-0.4, -0.2) is 64.7 Å². The highest BCUT2D eigenvalue weighted by Gasteiger charge is 2.32. The summed E-state index contributed by atoms with van der Waals surface area (Å²) in [4.78, 5) is 29.1. The first-order valence-corrected chi connectivity index (χ1v) is 11.8. The monoisotopic (exact) mass is 482 g/mol. The Morgan fingerprint density at radius 2 is 1.94 bits per heavy atom. The molecule has 3 heterocycles. The minimum Gasteiger partial charge on any atom is -0.378 e. The van der Waals surface area contributed by atoms with Crippen molar-refractivity contribution < 1.29 is 18.7 Å². The maximum absolute atomic E-state index is 14.1. The van der Waals surface area contributed by atoms with Crippen molar-refractivity contribution in [1.82, 2.24) is 14.8 Å². The number of amides is 2. The maximum Gasteiger partial charge on any atom is 0.244 e. The zero-order valence-electron chi connectivity index (χ0n) is 18.5. The molecule has 1 N–H and O–H groups in total. The lowest BCUT2D eigenvalue weighted by Gasteiger charge is -2.31. The Kier molecular flexibility index (Phi) is 6.20. The van der Waals surface area contributed by atoms with Gasteiger partial charge < -0.3 is 15.0 Å². The molecule has 1 unspecified atom stereocenters. The third-order valence-corrected chi connectivity index (χ3v) is 6.67. The number of halogens is 1. The van der Waals surface area contributed by atoms with Gasteiger partial charge in [0, 0.05) is 13.1 Å². The molecule has 0 saturated carbocycles. The number of hydrogen-bond donors (Lipinski definition) is 1. The lowest BCUT2D eigenvalue weighted by molar-refractivity contribution is -0.121. The highest BCUT2D eigenvalue weighted by atomic mass is 32.2. The van der Waals surface area contributed by atoms with Crippen LogP contribution >= 0.6 is 11.8 Å². The van der Waals surface area contributed by atoms with Crippen molar-refractivity contribution in [3.63, 3.8) is 0 Å². The van der Waals surface area contributed by atoms with E-state index in [9.17, 15) is 14.0 Å². The van der Waals surface area contributed by atoms with Crippen LogP contribution in [0.5, 0.6) is 0 Å². The Hall–Kier alpha value is -3.44. The van der Waals surface area contributed by atoms with E-state index in [0.717, 1.165) is 0 Å². The SMILES string of the molecule is CC(Sc1nnc(N2CCOCC2)n1-c1cccc(F)c1)C(=O)N1CC(=O)Nc2ccccc21. The van der Waals surface area contributed by atoms with Crippen LogP contribution in [0.2, 0.25) is 0 Å². The molecule has 9 nitrogen and oxygen atoms in total. The van der Waals surface area contributed by atoms with Crippen LogP contribution in [0.3, 0.4) is 0 Å². The van der Waals surface area contributed by atoms with E-state index in [0.29, 0.717) is 54.5 Å². The molecule has 2 aromatic carbocycles.